The highest BCUT2D eigenvalue weighted by Gasteiger charge is 2.18. The topological polar surface area (TPSA) is 39.1 Å². The summed E-state index contributed by atoms with van der Waals surface area (Å²) in [7, 11) is 0. The highest BCUT2D eigenvalue weighted by atomic mass is 35.5. The van der Waals surface area contributed by atoms with Crippen LogP contribution in [0.5, 0.6) is 5.88 Å². The van der Waals surface area contributed by atoms with Crippen molar-refractivity contribution in [3.63, 3.8) is 0 Å². The van der Waals surface area contributed by atoms with Crippen molar-refractivity contribution in [2.45, 2.75) is 12.8 Å². The predicted molar refractivity (Wildman–Crippen MR) is 99.3 cm³/mol. The second kappa shape index (κ2) is 8.01. The fraction of sp³-hybridized carbons (Fsp3) is 0.316. The second-order valence-electron chi connectivity index (χ2n) is 6.38. The summed E-state index contributed by atoms with van der Waals surface area (Å²) in [6, 6.07) is 10.6. The highest BCUT2D eigenvalue weighted by Crippen LogP contribution is 2.29. The van der Waals surface area contributed by atoms with Gasteiger partial charge < -0.3 is 10.1 Å². The van der Waals surface area contributed by atoms with E-state index < -0.39 is 0 Å². The maximum absolute atomic E-state index is 13.7. The summed E-state index contributed by atoms with van der Waals surface area (Å²) in [6.07, 6.45) is 2.23. The smallest absolute Gasteiger partial charge is 0.241 e. The van der Waals surface area contributed by atoms with E-state index in [1.54, 1.807) is 22.9 Å². The molecule has 138 valence electrons. The summed E-state index contributed by atoms with van der Waals surface area (Å²) >= 11 is 0. The van der Waals surface area contributed by atoms with E-state index in [1.807, 2.05) is 0 Å². The van der Waals surface area contributed by atoms with Gasteiger partial charge in [0.25, 0.3) is 0 Å². The van der Waals surface area contributed by atoms with E-state index in [9.17, 15) is 8.78 Å². The van der Waals surface area contributed by atoms with Gasteiger partial charge in [0.05, 0.1) is 23.2 Å². The minimum atomic E-state index is -0.351. The second-order valence-corrected chi connectivity index (χ2v) is 6.38. The molecule has 0 aliphatic carbocycles. The first-order chi connectivity index (χ1) is 12.2. The van der Waals surface area contributed by atoms with Crippen LogP contribution >= 0.6 is 12.4 Å². The van der Waals surface area contributed by atoms with Gasteiger partial charge in [0, 0.05) is 12.5 Å². The average molecular weight is 380 g/mol. The Bertz CT molecular complexity index is 894. The lowest BCUT2D eigenvalue weighted by Gasteiger charge is -2.22. The Balaban J connectivity index is 0.00000196. The van der Waals surface area contributed by atoms with Crippen LogP contribution in [0.25, 0.3) is 16.6 Å². The summed E-state index contributed by atoms with van der Waals surface area (Å²) in [5.74, 6) is 0.0931. The maximum Gasteiger partial charge on any atom is 0.241 e. The van der Waals surface area contributed by atoms with E-state index in [-0.39, 0.29) is 24.0 Å². The molecule has 2 heterocycles. The van der Waals surface area contributed by atoms with E-state index in [0.717, 1.165) is 25.9 Å². The monoisotopic (exact) mass is 379 g/mol. The lowest BCUT2D eigenvalue weighted by atomic mass is 10.0. The third-order valence-corrected chi connectivity index (χ3v) is 4.52. The zero-order chi connectivity index (χ0) is 17.2. The summed E-state index contributed by atoms with van der Waals surface area (Å²) < 4.78 is 34.8. The normalized spacial score (nSPS) is 17.1. The fourth-order valence-electron chi connectivity index (χ4n) is 3.24. The van der Waals surface area contributed by atoms with Gasteiger partial charge in [0.15, 0.2) is 0 Å². The van der Waals surface area contributed by atoms with Crippen molar-refractivity contribution < 1.29 is 13.5 Å². The van der Waals surface area contributed by atoms with Gasteiger partial charge in [0.2, 0.25) is 5.88 Å². The molecule has 1 aliphatic heterocycles. The molecule has 2 aromatic carbocycles. The molecular formula is C19H20ClF2N3O. The van der Waals surface area contributed by atoms with Gasteiger partial charge in [-0.05, 0) is 55.8 Å². The van der Waals surface area contributed by atoms with Gasteiger partial charge in [-0.2, -0.15) is 0 Å². The number of hydrogen-bond acceptors (Lipinski definition) is 3. The molecule has 0 bridgehead atoms. The molecule has 7 heteroatoms. The highest BCUT2D eigenvalue weighted by molar-refractivity contribution is 5.86. The molecule has 0 unspecified atom stereocenters. The van der Waals surface area contributed by atoms with E-state index in [2.05, 4.69) is 10.4 Å². The summed E-state index contributed by atoms with van der Waals surface area (Å²) in [6.45, 7) is 2.48. The molecule has 1 aliphatic rings. The number of hydrogen-bond donors (Lipinski definition) is 1. The Morgan fingerprint density at radius 2 is 2.00 bits per heavy atom. The van der Waals surface area contributed by atoms with Crippen LogP contribution in [0.3, 0.4) is 0 Å². The van der Waals surface area contributed by atoms with Crippen LogP contribution in [0.1, 0.15) is 12.8 Å². The number of fused-ring (bicyclic) bond motifs is 1. The van der Waals surface area contributed by atoms with Crippen molar-refractivity contribution in [1.29, 1.82) is 0 Å². The number of ether oxygens (including phenoxy) is 1. The number of halogens is 3. The molecule has 1 N–H and O–H groups in total. The zero-order valence-electron chi connectivity index (χ0n) is 14.1. The molecule has 1 aromatic heterocycles. The van der Waals surface area contributed by atoms with E-state index in [1.165, 1.54) is 24.3 Å². The molecule has 4 nitrogen and oxygen atoms in total. The molecule has 1 saturated heterocycles. The summed E-state index contributed by atoms with van der Waals surface area (Å²) in [5, 5.41) is 8.41. The van der Waals surface area contributed by atoms with Gasteiger partial charge >= 0.3 is 0 Å². The standard InChI is InChI=1S/C19H19F2N3O.ClH/c20-14-4-1-5-16(9-14)24-18-7-6-15(21)10-17(18)19(23-24)25-12-13-3-2-8-22-11-13;/h1,4-7,9-10,13,22H,2-3,8,11-12H2;1H/t13-;/m0./s1. The van der Waals surface area contributed by atoms with E-state index >= 15 is 0 Å². The number of nitrogens with zero attached hydrogens (tertiary/aromatic N) is 2. The SMILES string of the molecule is Cl.Fc1cccc(-n2nc(OC[C@H]3CCCNC3)c3cc(F)ccc32)c1. The molecule has 1 atom stereocenters. The van der Waals surface area contributed by atoms with Gasteiger partial charge in [-0.1, -0.05) is 6.07 Å². The molecule has 0 radical (unpaired) electrons. The summed E-state index contributed by atoms with van der Waals surface area (Å²) in [5.41, 5.74) is 1.26. The zero-order valence-corrected chi connectivity index (χ0v) is 14.9. The molecule has 0 spiro atoms. The van der Waals surface area contributed by atoms with Crippen LogP contribution in [0.4, 0.5) is 8.78 Å². The van der Waals surface area contributed by atoms with Crippen molar-refractivity contribution in [1.82, 2.24) is 15.1 Å². The lowest BCUT2D eigenvalue weighted by molar-refractivity contribution is 0.213. The Morgan fingerprint density at radius 3 is 2.77 bits per heavy atom. The first-order valence-corrected chi connectivity index (χ1v) is 8.48. The van der Waals surface area contributed by atoms with Gasteiger partial charge in [-0.25, -0.2) is 13.5 Å². The van der Waals surface area contributed by atoms with E-state index in [4.69, 9.17) is 4.74 Å². The van der Waals surface area contributed by atoms with Crippen LogP contribution in [0.15, 0.2) is 42.5 Å². The molecular weight excluding hydrogens is 360 g/mol. The minimum Gasteiger partial charge on any atom is -0.476 e. The van der Waals surface area contributed by atoms with Crippen molar-refractivity contribution in [3.8, 4) is 11.6 Å². The first-order valence-electron chi connectivity index (χ1n) is 8.48. The quantitative estimate of drug-likeness (QED) is 0.741. The van der Waals surface area contributed by atoms with Gasteiger partial charge in [-0.3, -0.25) is 0 Å². The summed E-state index contributed by atoms with van der Waals surface area (Å²) in [4.78, 5) is 0. The molecule has 1 fully saturated rings. The molecule has 3 aromatic rings. The molecule has 0 saturated carbocycles. The average Bonchev–Trinajstić information content (AvgIpc) is 2.99. The van der Waals surface area contributed by atoms with E-state index in [0.29, 0.717) is 35.0 Å². The van der Waals surface area contributed by atoms with Crippen molar-refractivity contribution >= 4 is 23.3 Å². The Hall–Kier alpha value is -2.18. The maximum atomic E-state index is 13.7. The van der Waals surface area contributed by atoms with Crippen LogP contribution < -0.4 is 10.1 Å². The molecule has 0 amide bonds. The minimum absolute atomic E-state index is 0. The van der Waals surface area contributed by atoms with Crippen molar-refractivity contribution in [2.75, 3.05) is 19.7 Å². The van der Waals surface area contributed by atoms with Crippen molar-refractivity contribution in [3.05, 3.63) is 54.1 Å². The number of aromatic nitrogens is 2. The van der Waals surface area contributed by atoms with Crippen LogP contribution in [0.2, 0.25) is 0 Å². The van der Waals surface area contributed by atoms with Crippen molar-refractivity contribution in [2.24, 2.45) is 5.92 Å². The Labute approximate surface area is 156 Å². The third kappa shape index (κ3) is 3.81. The molecule has 4 rings (SSSR count). The number of benzene rings is 2. The third-order valence-electron chi connectivity index (χ3n) is 4.52. The van der Waals surface area contributed by atoms with Gasteiger partial charge in [0.1, 0.15) is 11.6 Å². The van der Waals surface area contributed by atoms with Crippen LogP contribution in [-0.2, 0) is 0 Å². The number of piperidine rings is 1. The predicted octanol–water partition coefficient (Wildman–Crippen LogP) is 4.10. The van der Waals surface area contributed by atoms with Crippen LogP contribution in [-0.4, -0.2) is 29.5 Å². The van der Waals surface area contributed by atoms with Crippen LogP contribution in [0, 0.1) is 17.6 Å². The number of nitrogens with one attached hydrogen (secondary N) is 1. The largest absolute Gasteiger partial charge is 0.476 e. The fourth-order valence-corrected chi connectivity index (χ4v) is 3.24. The molecule has 26 heavy (non-hydrogen) atoms. The Morgan fingerprint density at radius 1 is 1.15 bits per heavy atom. The lowest BCUT2D eigenvalue weighted by Crippen LogP contribution is -2.33. The van der Waals surface area contributed by atoms with Gasteiger partial charge in [-0.15, -0.1) is 17.5 Å². The Kier molecular flexibility index (Phi) is 5.74. The first kappa shape index (κ1) is 18.6. The number of rotatable bonds is 4.